The number of rotatable bonds is 7. The number of carbonyl (C=O) groups excluding carboxylic acids is 1. The van der Waals surface area contributed by atoms with Gasteiger partial charge >= 0.3 is 0 Å². The normalized spacial score (nSPS) is 17.1. The maximum absolute atomic E-state index is 12.8. The predicted octanol–water partition coefficient (Wildman–Crippen LogP) is 5.37. The minimum absolute atomic E-state index is 0.0283. The molecule has 7 nitrogen and oxygen atoms in total. The second kappa shape index (κ2) is 9.81. The first-order valence-corrected chi connectivity index (χ1v) is 12.5. The lowest BCUT2D eigenvalue weighted by Gasteiger charge is -2.25. The molecule has 2 fully saturated rings. The van der Waals surface area contributed by atoms with Crippen molar-refractivity contribution in [1.82, 2.24) is 14.8 Å². The van der Waals surface area contributed by atoms with Crippen molar-refractivity contribution in [3.8, 4) is 11.6 Å². The molecular formula is C24H29N5O2S. The van der Waals surface area contributed by atoms with E-state index in [2.05, 4.69) is 31.0 Å². The summed E-state index contributed by atoms with van der Waals surface area (Å²) in [6.45, 7) is 2.09. The van der Waals surface area contributed by atoms with Crippen LogP contribution in [0.2, 0.25) is 0 Å². The third-order valence-corrected chi connectivity index (χ3v) is 7.25. The molecule has 168 valence electrons. The van der Waals surface area contributed by atoms with E-state index in [0.717, 1.165) is 54.0 Å². The minimum Gasteiger partial charge on any atom is -0.461 e. The molecule has 1 N–H and O–H groups in total. The Morgan fingerprint density at radius 2 is 1.84 bits per heavy atom. The zero-order valence-corrected chi connectivity index (χ0v) is 19.0. The summed E-state index contributed by atoms with van der Waals surface area (Å²) < 4.78 is 7.80. The third kappa shape index (κ3) is 4.55. The van der Waals surface area contributed by atoms with Crippen LogP contribution in [-0.2, 0) is 4.79 Å². The number of nitrogens with zero attached hydrogens (tertiary/aromatic N) is 4. The van der Waals surface area contributed by atoms with Crippen LogP contribution < -0.4 is 10.2 Å². The zero-order chi connectivity index (χ0) is 21.8. The lowest BCUT2D eigenvalue weighted by Crippen LogP contribution is -2.22. The first-order chi connectivity index (χ1) is 15.8. The van der Waals surface area contributed by atoms with Gasteiger partial charge in [-0.2, -0.15) is 0 Å². The molecule has 1 aromatic carbocycles. The molecule has 1 saturated carbocycles. The summed E-state index contributed by atoms with van der Waals surface area (Å²) in [5.74, 6) is 1.74. The molecule has 1 saturated heterocycles. The van der Waals surface area contributed by atoms with E-state index < -0.39 is 0 Å². The molecule has 5 rings (SSSR count). The molecule has 0 radical (unpaired) electrons. The van der Waals surface area contributed by atoms with E-state index in [4.69, 9.17) is 4.42 Å². The van der Waals surface area contributed by atoms with Crippen LogP contribution in [0.1, 0.15) is 51.0 Å². The quantitative estimate of drug-likeness (QED) is 0.487. The van der Waals surface area contributed by atoms with Gasteiger partial charge in [0.25, 0.3) is 0 Å². The number of thioether (sulfide) groups is 1. The Balaban J connectivity index is 1.30. The van der Waals surface area contributed by atoms with Crippen LogP contribution in [0.4, 0.5) is 11.4 Å². The van der Waals surface area contributed by atoms with Crippen LogP contribution >= 0.6 is 11.8 Å². The molecule has 3 aromatic rings. The van der Waals surface area contributed by atoms with E-state index in [1.807, 2.05) is 30.3 Å². The highest BCUT2D eigenvalue weighted by molar-refractivity contribution is 7.99. The monoisotopic (exact) mass is 451 g/mol. The number of benzene rings is 1. The SMILES string of the molecule is O=C(CSc1nnc(-c2ccco2)n1C1CCCCC1)Nc1ccccc1N1CCCC1. The average molecular weight is 452 g/mol. The number of carbonyl (C=O) groups is 1. The molecule has 8 heteroatoms. The molecule has 1 aliphatic heterocycles. The summed E-state index contributed by atoms with van der Waals surface area (Å²) in [5, 5.41) is 12.8. The Morgan fingerprint density at radius 1 is 1.03 bits per heavy atom. The fraction of sp³-hybridized carbons (Fsp3) is 0.458. The molecule has 0 spiro atoms. The molecule has 3 heterocycles. The smallest absolute Gasteiger partial charge is 0.234 e. The number of hydrogen-bond acceptors (Lipinski definition) is 6. The minimum atomic E-state index is -0.0283. The van der Waals surface area contributed by atoms with E-state index in [9.17, 15) is 4.79 Å². The molecule has 0 unspecified atom stereocenters. The van der Waals surface area contributed by atoms with Crippen molar-refractivity contribution in [3.63, 3.8) is 0 Å². The van der Waals surface area contributed by atoms with Crippen LogP contribution in [0.3, 0.4) is 0 Å². The summed E-state index contributed by atoms with van der Waals surface area (Å²) in [4.78, 5) is 15.2. The van der Waals surface area contributed by atoms with Crippen molar-refractivity contribution in [1.29, 1.82) is 0 Å². The van der Waals surface area contributed by atoms with E-state index in [1.165, 1.54) is 43.9 Å². The lowest BCUT2D eigenvalue weighted by atomic mass is 9.95. The van der Waals surface area contributed by atoms with Crippen LogP contribution in [0.5, 0.6) is 0 Å². The predicted molar refractivity (Wildman–Crippen MR) is 127 cm³/mol. The Labute approximate surface area is 192 Å². The van der Waals surface area contributed by atoms with Crippen LogP contribution in [-0.4, -0.2) is 39.5 Å². The standard InChI is InChI=1S/C24H29N5O2S/c30-22(25-19-11-4-5-12-20(19)28-14-6-7-15-28)17-32-24-27-26-23(21-13-8-16-31-21)29(24)18-9-2-1-3-10-18/h4-5,8,11-13,16,18H,1-3,6-7,9-10,14-15,17H2,(H,25,30). The van der Waals surface area contributed by atoms with Crippen molar-refractivity contribution in [2.45, 2.75) is 56.1 Å². The first-order valence-electron chi connectivity index (χ1n) is 11.5. The molecule has 2 aliphatic rings. The number of anilines is 2. The Kier molecular flexibility index (Phi) is 6.48. The van der Waals surface area contributed by atoms with Gasteiger partial charge in [-0.3, -0.25) is 9.36 Å². The fourth-order valence-corrected chi connectivity index (χ4v) is 5.55. The summed E-state index contributed by atoms with van der Waals surface area (Å²) in [7, 11) is 0. The number of nitrogens with one attached hydrogen (secondary N) is 1. The van der Waals surface area contributed by atoms with Crippen molar-refractivity contribution < 1.29 is 9.21 Å². The molecule has 1 aliphatic carbocycles. The summed E-state index contributed by atoms with van der Waals surface area (Å²) in [6, 6.07) is 12.2. The van der Waals surface area contributed by atoms with Gasteiger partial charge in [-0.15, -0.1) is 10.2 Å². The van der Waals surface area contributed by atoms with Crippen LogP contribution in [0, 0.1) is 0 Å². The zero-order valence-electron chi connectivity index (χ0n) is 18.2. The highest BCUT2D eigenvalue weighted by Gasteiger charge is 2.25. The summed E-state index contributed by atoms with van der Waals surface area (Å²) in [5.41, 5.74) is 1.99. The maximum Gasteiger partial charge on any atom is 0.234 e. The third-order valence-electron chi connectivity index (χ3n) is 6.30. The lowest BCUT2D eigenvalue weighted by molar-refractivity contribution is -0.113. The molecule has 2 aromatic heterocycles. The highest BCUT2D eigenvalue weighted by Crippen LogP contribution is 2.36. The van der Waals surface area contributed by atoms with Gasteiger partial charge in [-0.25, -0.2) is 0 Å². The second-order valence-electron chi connectivity index (χ2n) is 8.49. The Hall–Kier alpha value is -2.74. The topological polar surface area (TPSA) is 76.2 Å². The summed E-state index contributed by atoms with van der Waals surface area (Å²) in [6.07, 6.45) is 9.96. The maximum atomic E-state index is 12.8. The van der Waals surface area contributed by atoms with Crippen molar-refractivity contribution in [2.24, 2.45) is 0 Å². The molecule has 1 amide bonds. The van der Waals surface area contributed by atoms with Crippen LogP contribution in [0.25, 0.3) is 11.6 Å². The Bertz CT molecular complexity index is 1040. The molecular weight excluding hydrogens is 422 g/mol. The van der Waals surface area contributed by atoms with Gasteiger partial charge in [-0.1, -0.05) is 43.2 Å². The van der Waals surface area contributed by atoms with E-state index in [1.54, 1.807) is 6.26 Å². The van der Waals surface area contributed by atoms with Gasteiger partial charge in [0.2, 0.25) is 11.7 Å². The average Bonchev–Trinajstić information content (AvgIpc) is 3.60. The van der Waals surface area contributed by atoms with Gasteiger partial charge in [0.15, 0.2) is 10.9 Å². The number of amides is 1. The van der Waals surface area contributed by atoms with E-state index in [0.29, 0.717) is 6.04 Å². The van der Waals surface area contributed by atoms with Crippen molar-refractivity contribution >= 4 is 29.0 Å². The van der Waals surface area contributed by atoms with E-state index in [-0.39, 0.29) is 11.7 Å². The van der Waals surface area contributed by atoms with Crippen LogP contribution in [0.15, 0.2) is 52.2 Å². The van der Waals surface area contributed by atoms with Gasteiger partial charge in [0.1, 0.15) is 0 Å². The first kappa shape index (κ1) is 21.1. The Morgan fingerprint density at radius 3 is 2.62 bits per heavy atom. The van der Waals surface area contributed by atoms with Gasteiger partial charge in [-0.05, 0) is 49.9 Å². The number of furan rings is 1. The van der Waals surface area contributed by atoms with Gasteiger partial charge < -0.3 is 14.6 Å². The number of aromatic nitrogens is 3. The fourth-order valence-electron chi connectivity index (χ4n) is 4.75. The largest absolute Gasteiger partial charge is 0.461 e. The highest BCUT2D eigenvalue weighted by atomic mass is 32.2. The van der Waals surface area contributed by atoms with Gasteiger partial charge in [0.05, 0.1) is 23.4 Å². The number of hydrogen-bond donors (Lipinski definition) is 1. The van der Waals surface area contributed by atoms with E-state index >= 15 is 0 Å². The molecule has 0 bridgehead atoms. The second-order valence-corrected chi connectivity index (χ2v) is 9.44. The van der Waals surface area contributed by atoms with Crippen molar-refractivity contribution in [3.05, 3.63) is 42.7 Å². The molecule has 0 atom stereocenters. The summed E-state index contributed by atoms with van der Waals surface area (Å²) >= 11 is 1.45. The van der Waals surface area contributed by atoms with Crippen molar-refractivity contribution in [2.75, 3.05) is 29.1 Å². The number of para-hydroxylation sites is 2. The van der Waals surface area contributed by atoms with Gasteiger partial charge in [0, 0.05) is 19.1 Å². The molecule has 32 heavy (non-hydrogen) atoms.